The molecule has 0 radical (unpaired) electrons. The molecule has 1 atom stereocenters. The molecule has 0 aliphatic carbocycles. The van der Waals surface area contributed by atoms with Gasteiger partial charge in [-0.05, 0) is 48.6 Å². The molecule has 1 aromatic heterocycles. The van der Waals surface area contributed by atoms with Gasteiger partial charge in [0.05, 0.1) is 12.4 Å². The molecule has 0 spiro atoms. The van der Waals surface area contributed by atoms with Gasteiger partial charge in [0.1, 0.15) is 18.1 Å². The molecule has 0 fully saturated rings. The van der Waals surface area contributed by atoms with Gasteiger partial charge in [-0.3, -0.25) is 4.79 Å². The van der Waals surface area contributed by atoms with Gasteiger partial charge in [-0.15, -0.1) is 0 Å². The molecule has 3 rings (SSSR count). The lowest BCUT2D eigenvalue weighted by Crippen LogP contribution is -2.15. The maximum atomic E-state index is 11.1. The molecule has 2 aromatic carbocycles. The fourth-order valence-corrected chi connectivity index (χ4v) is 3.17. The van der Waals surface area contributed by atoms with E-state index in [1.807, 2.05) is 48.5 Å². The highest BCUT2D eigenvalue weighted by Gasteiger charge is 2.10. The average Bonchev–Trinajstić information content (AvgIpc) is 3.17. The minimum atomic E-state index is -0.576. The Hall–Kier alpha value is -2.83. The van der Waals surface area contributed by atoms with Crippen LogP contribution in [0.3, 0.4) is 0 Å². The van der Waals surface area contributed by atoms with Crippen LogP contribution in [0.4, 0.5) is 0 Å². The molecular weight excluding hydrogens is 390 g/mol. The largest absolute Gasteiger partial charge is 0.489 e. The summed E-state index contributed by atoms with van der Waals surface area (Å²) in [6.07, 6.45) is 4.74. The average molecular weight is 414 g/mol. The van der Waals surface area contributed by atoms with E-state index in [1.54, 1.807) is 10.8 Å². The van der Waals surface area contributed by atoms with Crippen molar-refractivity contribution in [2.45, 2.75) is 38.5 Å². The van der Waals surface area contributed by atoms with Crippen molar-refractivity contribution >= 4 is 17.5 Å². The summed E-state index contributed by atoms with van der Waals surface area (Å²) in [5, 5.41) is 11.0. The number of para-hydroxylation sites is 1. The standard InChI is InChI=1S/C22H24ClN3O3/c23-18-10-8-16(9-11-18)14-29-21-7-2-1-4-17(21)5-3-6-19(27)12-26-13-20(22(24)28)25-15-26/h1-2,4,7-11,13,15,19,27H,3,5-6,12,14H2,(H2,24,28)/t19-/m0/s1. The number of nitrogens with two attached hydrogens (primary N) is 1. The Morgan fingerprint density at radius 1 is 1.21 bits per heavy atom. The summed E-state index contributed by atoms with van der Waals surface area (Å²) in [5.41, 5.74) is 7.54. The molecule has 0 unspecified atom stereocenters. The molecule has 6 nitrogen and oxygen atoms in total. The fraction of sp³-hybridized carbons (Fsp3) is 0.273. The van der Waals surface area contributed by atoms with Gasteiger partial charge in [0.15, 0.2) is 0 Å². The molecule has 3 N–H and O–H groups in total. The Kier molecular flexibility index (Phi) is 7.27. The van der Waals surface area contributed by atoms with E-state index < -0.39 is 12.0 Å². The number of hydrogen-bond donors (Lipinski definition) is 2. The zero-order chi connectivity index (χ0) is 20.6. The number of primary amides is 1. The van der Waals surface area contributed by atoms with Gasteiger partial charge < -0.3 is 20.1 Å². The third-order valence-corrected chi connectivity index (χ3v) is 4.82. The van der Waals surface area contributed by atoms with Crippen LogP contribution < -0.4 is 10.5 Å². The highest BCUT2D eigenvalue weighted by Crippen LogP contribution is 2.22. The molecule has 7 heteroatoms. The van der Waals surface area contributed by atoms with Crippen LogP contribution in [0.1, 0.15) is 34.5 Å². The monoisotopic (exact) mass is 413 g/mol. The summed E-state index contributed by atoms with van der Waals surface area (Å²) >= 11 is 5.92. The van der Waals surface area contributed by atoms with Gasteiger partial charge in [-0.25, -0.2) is 4.98 Å². The summed E-state index contributed by atoms with van der Waals surface area (Å²) < 4.78 is 7.65. The Morgan fingerprint density at radius 2 is 1.97 bits per heavy atom. The van der Waals surface area contributed by atoms with Gasteiger partial charge in [0.2, 0.25) is 0 Å². The SMILES string of the molecule is NC(=O)c1cn(C[C@@H](O)CCCc2ccccc2OCc2ccc(Cl)cc2)cn1. The molecule has 0 saturated carbocycles. The number of benzene rings is 2. The van der Waals surface area contributed by atoms with Crippen LogP contribution in [0.25, 0.3) is 0 Å². The summed E-state index contributed by atoms with van der Waals surface area (Å²) in [7, 11) is 0. The Labute approximate surface area is 174 Å². The first-order valence-corrected chi connectivity index (χ1v) is 9.84. The topological polar surface area (TPSA) is 90.4 Å². The van der Waals surface area contributed by atoms with Gasteiger partial charge in [-0.1, -0.05) is 41.9 Å². The van der Waals surface area contributed by atoms with Gasteiger partial charge >= 0.3 is 0 Å². The molecule has 0 saturated heterocycles. The first-order valence-electron chi connectivity index (χ1n) is 9.46. The first kappa shape index (κ1) is 20.9. The van der Waals surface area contributed by atoms with Crippen molar-refractivity contribution in [3.8, 4) is 5.75 Å². The maximum absolute atomic E-state index is 11.1. The van der Waals surface area contributed by atoms with E-state index in [0.717, 1.165) is 29.7 Å². The number of aryl methyl sites for hydroxylation is 1. The van der Waals surface area contributed by atoms with E-state index in [0.29, 0.717) is 24.6 Å². The summed E-state index contributed by atoms with van der Waals surface area (Å²) in [4.78, 5) is 15.0. The lowest BCUT2D eigenvalue weighted by molar-refractivity contribution is 0.0995. The van der Waals surface area contributed by atoms with Crippen molar-refractivity contribution in [1.82, 2.24) is 9.55 Å². The number of nitrogens with zero attached hydrogens (tertiary/aromatic N) is 2. The molecule has 0 aliphatic heterocycles. The highest BCUT2D eigenvalue weighted by molar-refractivity contribution is 6.30. The van der Waals surface area contributed by atoms with Gasteiger partial charge in [-0.2, -0.15) is 0 Å². The van der Waals surface area contributed by atoms with E-state index in [4.69, 9.17) is 22.1 Å². The van der Waals surface area contributed by atoms with Crippen molar-refractivity contribution in [3.05, 3.63) is 82.9 Å². The highest BCUT2D eigenvalue weighted by atomic mass is 35.5. The Morgan fingerprint density at radius 3 is 2.69 bits per heavy atom. The number of hydrogen-bond acceptors (Lipinski definition) is 4. The first-order chi connectivity index (χ1) is 14.0. The van der Waals surface area contributed by atoms with Crippen LogP contribution in [0.5, 0.6) is 5.75 Å². The van der Waals surface area contributed by atoms with E-state index in [9.17, 15) is 9.90 Å². The number of aromatic nitrogens is 2. The lowest BCUT2D eigenvalue weighted by atomic mass is 10.0. The van der Waals surface area contributed by atoms with E-state index >= 15 is 0 Å². The molecule has 1 amide bonds. The minimum absolute atomic E-state index is 0.198. The van der Waals surface area contributed by atoms with Crippen molar-refractivity contribution in [3.63, 3.8) is 0 Å². The third kappa shape index (κ3) is 6.34. The van der Waals surface area contributed by atoms with Crippen LogP contribution in [0.15, 0.2) is 61.1 Å². The number of ether oxygens (including phenoxy) is 1. The van der Waals surface area contributed by atoms with Crippen molar-refractivity contribution in [1.29, 1.82) is 0 Å². The molecule has 1 heterocycles. The summed E-state index contributed by atoms with van der Waals surface area (Å²) in [6, 6.07) is 15.5. The number of aliphatic hydroxyl groups is 1. The zero-order valence-electron chi connectivity index (χ0n) is 16.0. The molecule has 152 valence electrons. The van der Waals surface area contributed by atoms with Crippen molar-refractivity contribution < 1.29 is 14.6 Å². The molecule has 0 bridgehead atoms. The van der Waals surface area contributed by atoms with Gasteiger partial charge in [0, 0.05) is 17.8 Å². The van der Waals surface area contributed by atoms with E-state index in [-0.39, 0.29) is 5.69 Å². The zero-order valence-corrected chi connectivity index (χ0v) is 16.8. The van der Waals surface area contributed by atoms with Crippen LogP contribution in [0.2, 0.25) is 5.02 Å². The smallest absolute Gasteiger partial charge is 0.268 e. The van der Waals surface area contributed by atoms with E-state index in [1.165, 1.54) is 6.33 Å². The number of imidazole rings is 1. The number of rotatable bonds is 10. The third-order valence-electron chi connectivity index (χ3n) is 4.57. The quantitative estimate of drug-likeness (QED) is 0.531. The number of carbonyl (C=O) groups excluding carboxylic acids is 1. The number of carbonyl (C=O) groups is 1. The second-order valence-corrected chi connectivity index (χ2v) is 7.33. The predicted octanol–water partition coefficient (Wildman–Crippen LogP) is 3.60. The molecule has 29 heavy (non-hydrogen) atoms. The summed E-state index contributed by atoms with van der Waals surface area (Å²) in [6.45, 7) is 0.842. The fourth-order valence-electron chi connectivity index (χ4n) is 3.04. The Balaban J connectivity index is 1.48. The van der Waals surface area contributed by atoms with Crippen molar-refractivity contribution in [2.75, 3.05) is 0 Å². The van der Waals surface area contributed by atoms with Gasteiger partial charge in [0.25, 0.3) is 5.91 Å². The molecule has 0 aliphatic rings. The van der Waals surface area contributed by atoms with E-state index in [2.05, 4.69) is 4.98 Å². The lowest BCUT2D eigenvalue weighted by Gasteiger charge is -2.14. The predicted molar refractivity (Wildman–Crippen MR) is 112 cm³/mol. The second-order valence-electron chi connectivity index (χ2n) is 6.89. The molecular formula is C22H24ClN3O3. The van der Waals surface area contributed by atoms with Crippen LogP contribution in [0, 0.1) is 0 Å². The van der Waals surface area contributed by atoms with Crippen LogP contribution in [-0.4, -0.2) is 26.7 Å². The minimum Gasteiger partial charge on any atom is -0.489 e. The number of amides is 1. The maximum Gasteiger partial charge on any atom is 0.268 e. The van der Waals surface area contributed by atoms with Crippen LogP contribution >= 0.6 is 11.6 Å². The molecule has 3 aromatic rings. The normalized spacial score (nSPS) is 11.9. The number of halogens is 1. The Bertz CT molecular complexity index is 940. The van der Waals surface area contributed by atoms with Crippen LogP contribution in [-0.2, 0) is 19.6 Å². The number of aliphatic hydroxyl groups excluding tert-OH is 1. The second kappa shape index (κ2) is 10.1. The van der Waals surface area contributed by atoms with Crippen molar-refractivity contribution in [2.24, 2.45) is 5.73 Å². The summed E-state index contributed by atoms with van der Waals surface area (Å²) in [5.74, 6) is 0.270.